The van der Waals surface area contributed by atoms with E-state index in [-0.39, 0.29) is 0 Å². The van der Waals surface area contributed by atoms with Gasteiger partial charge in [-0.2, -0.15) is 5.26 Å². The van der Waals surface area contributed by atoms with E-state index in [1.807, 2.05) is 25.1 Å². The van der Waals surface area contributed by atoms with Crippen LogP contribution in [0, 0.1) is 18.3 Å². The molecule has 1 aromatic rings. The molecule has 0 radical (unpaired) electrons. The number of aryl methyl sites for hydroxylation is 1. The molecule has 3 nitrogen and oxygen atoms in total. The largest absolute Gasteiger partial charge is 0.446 e. The Balaban J connectivity index is 2.34. The van der Waals surface area contributed by atoms with E-state index in [0.717, 1.165) is 11.6 Å². The molecule has 11 heavy (non-hydrogen) atoms. The van der Waals surface area contributed by atoms with E-state index in [4.69, 9.17) is 9.68 Å². The van der Waals surface area contributed by atoms with E-state index in [1.54, 1.807) is 0 Å². The second-order valence-electron chi connectivity index (χ2n) is 2.25. The summed E-state index contributed by atoms with van der Waals surface area (Å²) in [6.45, 7) is 2.53. The number of hydrogen-bond acceptors (Lipinski definition) is 3. The number of anilines is 1. The average Bonchev–Trinajstić information content (AvgIpc) is 2.37. The van der Waals surface area contributed by atoms with Crippen molar-refractivity contribution in [3.63, 3.8) is 0 Å². The summed E-state index contributed by atoms with van der Waals surface area (Å²) in [6.07, 6.45) is 0.500. The van der Waals surface area contributed by atoms with Gasteiger partial charge in [0.25, 0.3) is 0 Å². The van der Waals surface area contributed by atoms with Crippen LogP contribution in [-0.4, -0.2) is 6.54 Å². The van der Waals surface area contributed by atoms with Gasteiger partial charge < -0.3 is 9.73 Å². The first-order valence-corrected chi connectivity index (χ1v) is 3.50. The molecule has 0 amide bonds. The highest BCUT2D eigenvalue weighted by molar-refractivity contribution is 5.31. The fourth-order valence-corrected chi connectivity index (χ4v) is 0.771. The summed E-state index contributed by atoms with van der Waals surface area (Å²) >= 11 is 0. The summed E-state index contributed by atoms with van der Waals surface area (Å²) in [7, 11) is 0. The van der Waals surface area contributed by atoms with Gasteiger partial charge in [-0.3, -0.25) is 0 Å². The Kier molecular flexibility index (Phi) is 2.56. The van der Waals surface area contributed by atoms with E-state index in [9.17, 15) is 0 Å². The molecular weight excluding hydrogens is 140 g/mol. The molecule has 0 bridgehead atoms. The smallest absolute Gasteiger partial charge is 0.193 e. The number of rotatable bonds is 3. The molecule has 0 aliphatic rings. The van der Waals surface area contributed by atoms with Crippen LogP contribution in [0.25, 0.3) is 0 Å². The van der Waals surface area contributed by atoms with Gasteiger partial charge in [0.05, 0.1) is 12.5 Å². The molecule has 3 heteroatoms. The van der Waals surface area contributed by atoms with Crippen molar-refractivity contribution in [1.82, 2.24) is 0 Å². The van der Waals surface area contributed by atoms with Crippen LogP contribution in [0.5, 0.6) is 0 Å². The molecule has 0 spiro atoms. The third kappa shape index (κ3) is 2.34. The van der Waals surface area contributed by atoms with Crippen LogP contribution in [0.3, 0.4) is 0 Å². The molecule has 0 aromatic carbocycles. The number of nitriles is 1. The number of hydrogen-bond donors (Lipinski definition) is 1. The second-order valence-corrected chi connectivity index (χ2v) is 2.25. The predicted octanol–water partition coefficient (Wildman–Crippen LogP) is 1.91. The van der Waals surface area contributed by atoms with Crippen molar-refractivity contribution in [3.05, 3.63) is 17.9 Å². The summed E-state index contributed by atoms with van der Waals surface area (Å²) in [5.74, 6) is 1.61. The average molecular weight is 150 g/mol. The minimum Gasteiger partial charge on any atom is -0.446 e. The first kappa shape index (κ1) is 7.67. The number of nitrogens with one attached hydrogen (secondary N) is 1. The maximum atomic E-state index is 8.23. The van der Waals surface area contributed by atoms with Crippen molar-refractivity contribution in [1.29, 1.82) is 5.26 Å². The van der Waals surface area contributed by atoms with Gasteiger partial charge in [0.1, 0.15) is 5.76 Å². The third-order valence-electron chi connectivity index (χ3n) is 1.28. The van der Waals surface area contributed by atoms with E-state index in [0.29, 0.717) is 13.0 Å². The van der Waals surface area contributed by atoms with Crippen LogP contribution < -0.4 is 5.32 Å². The third-order valence-corrected chi connectivity index (χ3v) is 1.28. The normalized spacial score (nSPS) is 9.09. The lowest BCUT2D eigenvalue weighted by Crippen LogP contribution is -1.98. The van der Waals surface area contributed by atoms with Crippen molar-refractivity contribution < 1.29 is 4.42 Å². The van der Waals surface area contributed by atoms with Crippen molar-refractivity contribution in [2.75, 3.05) is 11.9 Å². The molecule has 0 atom stereocenters. The molecule has 0 aliphatic heterocycles. The van der Waals surface area contributed by atoms with E-state index >= 15 is 0 Å². The first-order chi connectivity index (χ1) is 5.33. The lowest BCUT2D eigenvalue weighted by Gasteiger charge is -1.96. The molecule has 0 unspecified atom stereocenters. The van der Waals surface area contributed by atoms with Crippen molar-refractivity contribution in [3.8, 4) is 6.07 Å². The van der Waals surface area contributed by atoms with Gasteiger partial charge in [0, 0.05) is 12.6 Å². The molecule has 0 saturated heterocycles. The fourth-order valence-electron chi connectivity index (χ4n) is 0.771. The SMILES string of the molecule is Cc1ccc(NCCC#N)o1. The van der Waals surface area contributed by atoms with Gasteiger partial charge in [-0.05, 0) is 13.0 Å². The standard InChI is InChI=1S/C8H10N2O/c1-7-3-4-8(11-7)10-6-2-5-9/h3-4,10H,2,6H2,1H3. The van der Waals surface area contributed by atoms with Crippen LogP contribution >= 0.6 is 0 Å². The van der Waals surface area contributed by atoms with Gasteiger partial charge in [0.15, 0.2) is 5.88 Å². The predicted molar refractivity (Wildman–Crippen MR) is 42.2 cm³/mol. The molecule has 1 N–H and O–H groups in total. The minimum atomic E-state index is 0.500. The number of nitrogens with zero attached hydrogens (tertiary/aromatic N) is 1. The molecule has 0 aliphatic carbocycles. The van der Waals surface area contributed by atoms with Crippen molar-refractivity contribution in [2.24, 2.45) is 0 Å². The van der Waals surface area contributed by atoms with E-state index in [2.05, 4.69) is 5.32 Å². The Morgan fingerprint density at radius 2 is 2.45 bits per heavy atom. The lowest BCUT2D eigenvalue weighted by atomic mass is 10.4. The van der Waals surface area contributed by atoms with Crippen LogP contribution in [0.15, 0.2) is 16.5 Å². The monoisotopic (exact) mass is 150 g/mol. The van der Waals surface area contributed by atoms with Gasteiger partial charge >= 0.3 is 0 Å². The van der Waals surface area contributed by atoms with Crippen LogP contribution in [0.1, 0.15) is 12.2 Å². The van der Waals surface area contributed by atoms with E-state index in [1.165, 1.54) is 0 Å². The van der Waals surface area contributed by atoms with Crippen molar-refractivity contribution >= 4 is 5.88 Å². The highest BCUT2D eigenvalue weighted by atomic mass is 16.4. The zero-order valence-electron chi connectivity index (χ0n) is 6.42. The van der Waals surface area contributed by atoms with Gasteiger partial charge in [-0.15, -0.1) is 0 Å². The van der Waals surface area contributed by atoms with Gasteiger partial charge in [-0.25, -0.2) is 0 Å². The fraction of sp³-hybridized carbons (Fsp3) is 0.375. The second kappa shape index (κ2) is 3.67. The summed E-state index contributed by atoms with van der Waals surface area (Å²) < 4.78 is 5.21. The van der Waals surface area contributed by atoms with Crippen LogP contribution in [-0.2, 0) is 0 Å². The van der Waals surface area contributed by atoms with E-state index < -0.39 is 0 Å². The van der Waals surface area contributed by atoms with Crippen molar-refractivity contribution in [2.45, 2.75) is 13.3 Å². The molecule has 1 aromatic heterocycles. The molecule has 58 valence electrons. The zero-order valence-corrected chi connectivity index (χ0v) is 6.42. The summed E-state index contributed by atoms with van der Waals surface area (Å²) in [4.78, 5) is 0. The quantitative estimate of drug-likeness (QED) is 0.669. The Hall–Kier alpha value is -1.43. The lowest BCUT2D eigenvalue weighted by molar-refractivity contribution is 0.546. The molecular formula is C8H10N2O. The molecule has 1 heterocycles. The Bertz CT molecular complexity index is 259. The van der Waals surface area contributed by atoms with Crippen LogP contribution in [0.4, 0.5) is 5.88 Å². The first-order valence-electron chi connectivity index (χ1n) is 3.50. The molecule has 0 fully saturated rings. The Morgan fingerprint density at radius 3 is 3.00 bits per heavy atom. The molecule has 0 saturated carbocycles. The van der Waals surface area contributed by atoms with Crippen LogP contribution in [0.2, 0.25) is 0 Å². The number of furan rings is 1. The Labute approximate surface area is 65.6 Å². The topological polar surface area (TPSA) is 49.0 Å². The summed E-state index contributed by atoms with van der Waals surface area (Å²) in [6, 6.07) is 5.78. The summed E-state index contributed by atoms with van der Waals surface area (Å²) in [5.41, 5.74) is 0. The Morgan fingerprint density at radius 1 is 1.64 bits per heavy atom. The highest BCUT2D eigenvalue weighted by Crippen LogP contribution is 2.11. The van der Waals surface area contributed by atoms with Gasteiger partial charge in [-0.1, -0.05) is 0 Å². The van der Waals surface area contributed by atoms with Gasteiger partial charge in [0.2, 0.25) is 0 Å². The minimum absolute atomic E-state index is 0.500. The maximum absolute atomic E-state index is 8.23. The zero-order chi connectivity index (χ0) is 8.10. The highest BCUT2D eigenvalue weighted by Gasteiger charge is 1.94. The molecule has 1 rings (SSSR count). The summed E-state index contributed by atoms with van der Waals surface area (Å²) in [5, 5.41) is 11.2. The maximum Gasteiger partial charge on any atom is 0.193 e.